The maximum atomic E-state index is 11.9. The van der Waals surface area contributed by atoms with Crippen LogP contribution in [-0.2, 0) is 4.74 Å². The largest absolute Gasteiger partial charge is 0.444 e. The molecule has 0 aromatic carbocycles. The van der Waals surface area contributed by atoms with E-state index in [1.807, 2.05) is 32.5 Å². The lowest BCUT2D eigenvalue weighted by Crippen LogP contribution is -2.51. The summed E-state index contributed by atoms with van der Waals surface area (Å²) in [7, 11) is 0. The Hall–Kier alpha value is -0.420. The first kappa shape index (κ1) is 16.0. The second-order valence-electron chi connectivity index (χ2n) is 6.93. The molecule has 2 N–H and O–H groups in total. The Kier molecular flexibility index (Phi) is 5.24. The van der Waals surface area contributed by atoms with Gasteiger partial charge in [-0.3, -0.25) is 0 Å². The summed E-state index contributed by atoms with van der Waals surface area (Å²) in [5, 5.41) is 7.48. The fourth-order valence-electron chi connectivity index (χ4n) is 3.02. The molecule has 1 saturated heterocycles. The number of amides is 1. The van der Waals surface area contributed by atoms with E-state index in [2.05, 4.69) is 17.6 Å². The van der Waals surface area contributed by atoms with Gasteiger partial charge in [-0.25, -0.2) is 4.79 Å². The third-order valence-electron chi connectivity index (χ3n) is 4.02. The summed E-state index contributed by atoms with van der Waals surface area (Å²) < 4.78 is 5.36. The summed E-state index contributed by atoms with van der Waals surface area (Å²) in [5.41, 5.74) is -0.428. The molecule has 0 bridgehead atoms. The molecule has 0 aromatic rings. The van der Waals surface area contributed by atoms with E-state index in [1.54, 1.807) is 0 Å². The van der Waals surface area contributed by atoms with Crippen molar-refractivity contribution >= 4 is 17.9 Å². The molecule has 0 aromatic heterocycles. The van der Waals surface area contributed by atoms with Crippen molar-refractivity contribution < 1.29 is 9.53 Å². The van der Waals surface area contributed by atoms with Gasteiger partial charge in [0.15, 0.2) is 0 Å². The Bertz CT molecular complexity index is 343. The van der Waals surface area contributed by atoms with E-state index >= 15 is 0 Å². The van der Waals surface area contributed by atoms with E-state index in [-0.39, 0.29) is 12.1 Å². The lowest BCUT2D eigenvalue weighted by molar-refractivity contribution is 0.0497. The Morgan fingerprint density at radius 3 is 2.45 bits per heavy atom. The van der Waals surface area contributed by atoms with E-state index in [0.29, 0.717) is 17.3 Å². The number of rotatable bonds is 3. The summed E-state index contributed by atoms with van der Waals surface area (Å²) in [6.07, 6.45) is 4.32. The smallest absolute Gasteiger partial charge is 0.407 e. The zero-order valence-corrected chi connectivity index (χ0v) is 13.9. The van der Waals surface area contributed by atoms with Gasteiger partial charge in [0, 0.05) is 23.4 Å². The third kappa shape index (κ3) is 4.55. The van der Waals surface area contributed by atoms with Crippen LogP contribution in [0.4, 0.5) is 4.79 Å². The SMILES string of the molecule is CC1SCCC1NC1CCCC1NC(=O)OC(C)(C)C. The molecule has 1 aliphatic carbocycles. The summed E-state index contributed by atoms with van der Waals surface area (Å²) in [4.78, 5) is 11.9. The lowest BCUT2D eigenvalue weighted by Gasteiger charge is -2.28. The zero-order valence-electron chi connectivity index (χ0n) is 13.1. The van der Waals surface area contributed by atoms with Gasteiger partial charge in [0.05, 0.1) is 0 Å². The minimum absolute atomic E-state index is 0.211. The quantitative estimate of drug-likeness (QED) is 0.841. The highest BCUT2D eigenvalue weighted by Gasteiger charge is 2.34. The third-order valence-corrected chi connectivity index (χ3v) is 5.35. The van der Waals surface area contributed by atoms with Crippen LogP contribution in [-0.4, -0.2) is 40.8 Å². The first-order valence-corrected chi connectivity index (χ1v) is 8.77. The molecule has 0 radical (unpaired) electrons. The molecular weight excluding hydrogens is 272 g/mol. The van der Waals surface area contributed by atoms with E-state index in [9.17, 15) is 4.79 Å². The molecule has 1 aliphatic heterocycles. The number of hydrogen-bond acceptors (Lipinski definition) is 4. The summed E-state index contributed by atoms with van der Waals surface area (Å²) in [5.74, 6) is 1.25. The van der Waals surface area contributed by atoms with E-state index in [0.717, 1.165) is 12.8 Å². The van der Waals surface area contributed by atoms with Crippen molar-refractivity contribution in [2.75, 3.05) is 5.75 Å². The maximum absolute atomic E-state index is 11.9. The molecule has 2 rings (SSSR count). The fourth-order valence-corrected chi connectivity index (χ4v) is 4.23. The van der Waals surface area contributed by atoms with Gasteiger partial charge in [0.1, 0.15) is 5.60 Å². The Labute approximate surface area is 126 Å². The molecule has 5 heteroatoms. The molecule has 4 atom stereocenters. The second-order valence-corrected chi connectivity index (χ2v) is 8.41. The highest BCUT2D eigenvalue weighted by atomic mass is 32.2. The predicted molar refractivity (Wildman–Crippen MR) is 84.3 cm³/mol. The van der Waals surface area contributed by atoms with E-state index in [1.165, 1.54) is 18.6 Å². The van der Waals surface area contributed by atoms with Gasteiger partial charge in [0.25, 0.3) is 0 Å². The molecule has 0 spiro atoms. The Morgan fingerprint density at radius 2 is 1.85 bits per heavy atom. The van der Waals surface area contributed by atoms with Crippen LogP contribution in [0.1, 0.15) is 53.4 Å². The van der Waals surface area contributed by atoms with Gasteiger partial charge < -0.3 is 15.4 Å². The maximum Gasteiger partial charge on any atom is 0.407 e. The Morgan fingerprint density at radius 1 is 1.15 bits per heavy atom. The highest BCUT2D eigenvalue weighted by molar-refractivity contribution is 8.00. The average Bonchev–Trinajstić information content (AvgIpc) is 2.88. The van der Waals surface area contributed by atoms with Crippen molar-refractivity contribution in [3.63, 3.8) is 0 Å². The fraction of sp³-hybridized carbons (Fsp3) is 0.933. The van der Waals surface area contributed by atoms with Gasteiger partial charge in [-0.1, -0.05) is 6.92 Å². The van der Waals surface area contributed by atoms with Crippen LogP contribution in [0.25, 0.3) is 0 Å². The van der Waals surface area contributed by atoms with Crippen molar-refractivity contribution in [3.05, 3.63) is 0 Å². The van der Waals surface area contributed by atoms with Crippen LogP contribution in [0.15, 0.2) is 0 Å². The molecule has 4 unspecified atom stereocenters. The van der Waals surface area contributed by atoms with Crippen molar-refractivity contribution in [2.45, 2.75) is 82.4 Å². The molecule has 4 nitrogen and oxygen atoms in total. The minimum Gasteiger partial charge on any atom is -0.444 e. The van der Waals surface area contributed by atoms with Gasteiger partial charge >= 0.3 is 6.09 Å². The number of nitrogens with one attached hydrogen (secondary N) is 2. The number of ether oxygens (including phenoxy) is 1. The van der Waals surface area contributed by atoms with Gasteiger partial charge in [-0.15, -0.1) is 0 Å². The van der Waals surface area contributed by atoms with Crippen LogP contribution in [0.3, 0.4) is 0 Å². The van der Waals surface area contributed by atoms with E-state index in [4.69, 9.17) is 4.74 Å². The topological polar surface area (TPSA) is 50.4 Å². The van der Waals surface area contributed by atoms with Gasteiger partial charge in [-0.05, 0) is 52.2 Å². The average molecular weight is 300 g/mol. The molecular formula is C15H28N2O2S. The molecule has 2 fully saturated rings. The summed E-state index contributed by atoms with van der Waals surface area (Å²) in [6.45, 7) is 7.98. The standard InChI is InChI=1S/C15H28N2O2S/c1-10-11(8-9-20-10)16-12-6-5-7-13(12)17-14(18)19-15(2,3)4/h10-13,16H,5-9H2,1-4H3,(H,17,18). The summed E-state index contributed by atoms with van der Waals surface area (Å²) in [6, 6.07) is 1.20. The molecule has 1 amide bonds. The zero-order chi connectivity index (χ0) is 14.8. The number of carbonyl (C=O) groups excluding carboxylic acids is 1. The molecule has 1 heterocycles. The van der Waals surface area contributed by atoms with Crippen molar-refractivity contribution in [2.24, 2.45) is 0 Å². The van der Waals surface area contributed by atoms with Crippen LogP contribution in [0, 0.1) is 0 Å². The van der Waals surface area contributed by atoms with Crippen LogP contribution < -0.4 is 10.6 Å². The summed E-state index contributed by atoms with van der Waals surface area (Å²) >= 11 is 2.04. The second kappa shape index (κ2) is 6.56. The lowest BCUT2D eigenvalue weighted by atomic mass is 10.1. The molecule has 1 saturated carbocycles. The van der Waals surface area contributed by atoms with Crippen molar-refractivity contribution in [1.82, 2.24) is 10.6 Å². The first-order chi connectivity index (χ1) is 9.35. The molecule has 2 aliphatic rings. The number of alkyl carbamates (subject to hydrolysis) is 1. The number of hydrogen-bond donors (Lipinski definition) is 2. The van der Waals surface area contributed by atoms with Crippen LogP contribution in [0.5, 0.6) is 0 Å². The highest BCUT2D eigenvalue weighted by Crippen LogP contribution is 2.29. The monoisotopic (exact) mass is 300 g/mol. The van der Waals surface area contributed by atoms with Crippen molar-refractivity contribution in [3.8, 4) is 0 Å². The molecule has 116 valence electrons. The molecule has 20 heavy (non-hydrogen) atoms. The normalized spacial score (nSPS) is 34.2. The van der Waals surface area contributed by atoms with Crippen LogP contribution >= 0.6 is 11.8 Å². The minimum atomic E-state index is -0.428. The first-order valence-electron chi connectivity index (χ1n) is 7.72. The number of thioether (sulfide) groups is 1. The van der Waals surface area contributed by atoms with Crippen LogP contribution in [0.2, 0.25) is 0 Å². The van der Waals surface area contributed by atoms with E-state index < -0.39 is 5.60 Å². The van der Waals surface area contributed by atoms with Gasteiger partial charge in [-0.2, -0.15) is 11.8 Å². The Balaban J connectivity index is 1.83. The number of carbonyl (C=O) groups is 1. The predicted octanol–water partition coefficient (Wildman–Crippen LogP) is 2.92. The van der Waals surface area contributed by atoms with Crippen molar-refractivity contribution in [1.29, 1.82) is 0 Å². The van der Waals surface area contributed by atoms with Gasteiger partial charge in [0.2, 0.25) is 0 Å².